The Hall–Kier alpha value is -1.42. The number of carbonyl (C=O) groups is 1. The lowest BCUT2D eigenvalue weighted by atomic mass is 10.0. The fraction of sp³-hybridized carbons (Fsp3) is 0.538. The molecule has 0 aliphatic carbocycles. The average molecular weight is 233 g/mol. The second-order valence-corrected chi connectivity index (χ2v) is 5.16. The van der Waals surface area contributed by atoms with Gasteiger partial charge in [-0.05, 0) is 31.5 Å². The number of hydrogen-bond acceptors (Lipinski definition) is 3. The summed E-state index contributed by atoms with van der Waals surface area (Å²) < 4.78 is 0. The summed E-state index contributed by atoms with van der Waals surface area (Å²) in [7, 11) is 0. The molecule has 92 valence electrons. The van der Waals surface area contributed by atoms with E-state index < -0.39 is 0 Å². The molecule has 1 aromatic heterocycles. The molecule has 1 aliphatic heterocycles. The van der Waals surface area contributed by atoms with Gasteiger partial charge in [0.25, 0.3) is 0 Å². The van der Waals surface area contributed by atoms with Gasteiger partial charge in [-0.2, -0.15) is 0 Å². The summed E-state index contributed by atoms with van der Waals surface area (Å²) in [6.07, 6.45) is 4.08. The van der Waals surface area contributed by atoms with Gasteiger partial charge in [-0.15, -0.1) is 0 Å². The molecule has 2 heterocycles. The summed E-state index contributed by atoms with van der Waals surface area (Å²) in [5, 5.41) is 3.39. The first kappa shape index (κ1) is 12.0. The molecule has 0 saturated carbocycles. The van der Waals surface area contributed by atoms with Crippen molar-refractivity contribution in [3.05, 3.63) is 30.1 Å². The van der Waals surface area contributed by atoms with E-state index in [1.807, 2.05) is 17.0 Å². The number of hydrogen-bond donors (Lipinski definition) is 1. The van der Waals surface area contributed by atoms with E-state index >= 15 is 0 Å². The second-order valence-electron chi connectivity index (χ2n) is 5.16. The molecule has 0 radical (unpaired) electrons. The van der Waals surface area contributed by atoms with E-state index in [-0.39, 0.29) is 11.4 Å². The number of carbonyl (C=O) groups excluding carboxylic acids is 1. The third kappa shape index (κ3) is 3.27. The van der Waals surface area contributed by atoms with Crippen molar-refractivity contribution in [2.45, 2.75) is 32.4 Å². The molecule has 1 aliphatic rings. The molecule has 0 bridgehead atoms. The van der Waals surface area contributed by atoms with Crippen LogP contribution in [0.5, 0.6) is 0 Å². The minimum Gasteiger partial charge on any atom is -0.337 e. The largest absolute Gasteiger partial charge is 0.337 e. The first-order valence-corrected chi connectivity index (χ1v) is 5.98. The van der Waals surface area contributed by atoms with Crippen LogP contribution in [0.15, 0.2) is 24.5 Å². The van der Waals surface area contributed by atoms with Crippen LogP contribution in [-0.2, 0) is 11.3 Å². The molecule has 0 unspecified atom stereocenters. The molecular weight excluding hydrogens is 214 g/mol. The van der Waals surface area contributed by atoms with Crippen LogP contribution in [0.2, 0.25) is 0 Å². The van der Waals surface area contributed by atoms with Crippen LogP contribution in [-0.4, -0.2) is 34.4 Å². The average Bonchev–Trinajstić information content (AvgIpc) is 2.39. The minimum atomic E-state index is -0.0932. The van der Waals surface area contributed by atoms with Crippen molar-refractivity contribution in [1.82, 2.24) is 15.2 Å². The highest BCUT2D eigenvalue weighted by Gasteiger charge is 2.28. The fourth-order valence-corrected chi connectivity index (χ4v) is 2.08. The molecule has 0 aromatic carbocycles. The Labute approximate surface area is 102 Å². The van der Waals surface area contributed by atoms with Gasteiger partial charge in [0.15, 0.2) is 0 Å². The number of nitrogens with zero attached hydrogens (tertiary/aromatic N) is 2. The summed E-state index contributed by atoms with van der Waals surface area (Å²) in [6.45, 7) is 6.44. The number of pyridine rings is 1. The van der Waals surface area contributed by atoms with Gasteiger partial charge < -0.3 is 10.2 Å². The maximum atomic E-state index is 12.1. The number of amides is 1. The SMILES string of the molecule is CC1(C)CC(=O)N(Cc2ccncc2)CCN1. The van der Waals surface area contributed by atoms with Gasteiger partial charge in [-0.25, -0.2) is 0 Å². The summed E-state index contributed by atoms with van der Waals surface area (Å²) in [6, 6.07) is 3.91. The predicted octanol–water partition coefficient (Wildman–Crippen LogP) is 1.18. The van der Waals surface area contributed by atoms with Crippen molar-refractivity contribution in [1.29, 1.82) is 0 Å². The molecule has 17 heavy (non-hydrogen) atoms. The Kier molecular flexibility index (Phi) is 3.43. The Bertz CT molecular complexity index is 389. The summed E-state index contributed by atoms with van der Waals surface area (Å²) in [5.41, 5.74) is 1.04. The molecule has 2 rings (SSSR count). The van der Waals surface area contributed by atoms with E-state index in [1.165, 1.54) is 0 Å². The van der Waals surface area contributed by atoms with Crippen molar-refractivity contribution in [2.75, 3.05) is 13.1 Å². The van der Waals surface area contributed by atoms with E-state index in [0.29, 0.717) is 13.0 Å². The van der Waals surface area contributed by atoms with Crippen LogP contribution in [0.25, 0.3) is 0 Å². The Morgan fingerprint density at radius 3 is 2.82 bits per heavy atom. The quantitative estimate of drug-likeness (QED) is 0.834. The van der Waals surface area contributed by atoms with Gasteiger partial charge in [0, 0.05) is 44.0 Å². The van der Waals surface area contributed by atoms with Gasteiger partial charge in [-0.3, -0.25) is 9.78 Å². The zero-order valence-corrected chi connectivity index (χ0v) is 10.4. The normalized spacial score (nSPS) is 20.1. The van der Waals surface area contributed by atoms with E-state index in [4.69, 9.17) is 0 Å². The van der Waals surface area contributed by atoms with Crippen LogP contribution >= 0.6 is 0 Å². The standard InChI is InChI=1S/C13H19N3O/c1-13(2)9-12(17)16(8-7-15-13)10-11-3-5-14-6-4-11/h3-6,15H,7-10H2,1-2H3. The van der Waals surface area contributed by atoms with Gasteiger partial charge in [0.1, 0.15) is 0 Å². The number of nitrogens with one attached hydrogen (secondary N) is 1. The lowest BCUT2D eigenvalue weighted by molar-refractivity contribution is -0.131. The van der Waals surface area contributed by atoms with Crippen molar-refractivity contribution in [3.8, 4) is 0 Å². The highest BCUT2D eigenvalue weighted by Crippen LogP contribution is 2.15. The monoisotopic (exact) mass is 233 g/mol. The van der Waals surface area contributed by atoms with E-state index in [0.717, 1.165) is 18.7 Å². The summed E-state index contributed by atoms with van der Waals surface area (Å²) in [5.74, 6) is 0.219. The van der Waals surface area contributed by atoms with Crippen molar-refractivity contribution in [2.24, 2.45) is 0 Å². The van der Waals surface area contributed by atoms with Gasteiger partial charge in [0.2, 0.25) is 5.91 Å². The van der Waals surface area contributed by atoms with Crippen molar-refractivity contribution < 1.29 is 4.79 Å². The van der Waals surface area contributed by atoms with Gasteiger partial charge >= 0.3 is 0 Å². The Morgan fingerprint density at radius 1 is 1.41 bits per heavy atom. The van der Waals surface area contributed by atoms with Crippen molar-refractivity contribution >= 4 is 5.91 Å². The van der Waals surface area contributed by atoms with Crippen LogP contribution in [0.3, 0.4) is 0 Å². The first-order valence-electron chi connectivity index (χ1n) is 5.98. The number of aromatic nitrogens is 1. The molecule has 1 saturated heterocycles. The second kappa shape index (κ2) is 4.84. The van der Waals surface area contributed by atoms with Crippen LogP contribution in [0.1, 0.15) is 25.8 Å². The lowest BCUT2D eigenvalue weighted by Gasteiger charge is -2.23. The molecule has 1 fully saturated rings. The summed E-state index contributed by atoms with van der Waals surface area (Å²) >= 11 is 0. The highest BCUT2D eigenvalue weighted by atomic mass is 16.2. The van der Waals surface area contributed by atoms with Crippen molar-refractivity contribution in [3.63, 3.8) is 0 Å². The van der Waals surface area contributed by atoms with Gasteiger partial charge in [0.05, 0.1) is 0 Å². The Balaban J connectivity index is 2.04. The van der Waals surface area contributed by atoms with Crippen LogP contribution in [0.4, 0.5) is 0 Å². The topological polar surface area (TPSA) is 45.2 Å². The third-order valence-corrected chi connectivity index (χ3v) is 3.05. The van der Waals surface area contributed by atoms with E-state index in [9.17, 15) is 4.79 Å². The molecule has 1 N–H and O–H groups in total. The van der Waals surface area contributed by atoms with Crippen LogP contribution in [0, 0.1) is 0 Å². The van der Waals surface area contributed by atoms with E-state index in [2.05, 4.69) is 24.1 Å². The van der Waals surface area contributed by atoms with Gasteiger partial charge in [-0.1, -0.05) is 0 Å². The molecule has 1 amide bonds. The maximum absolute atomic E-state index is 12.1. The lowest BCUT2D eigenvalue weighted by Crippen LogP contribution is -2.39. The molecule has 4 nitrogen and oxygen atoms in total. The number of rotatable bonds is 2. The predicted molar refractivity (Wildman–Crippen MR) is 66.4 cm³/mol. The smallest absolute Gasteiger partial charge is 0.224 e. The molecule has 1 aromatic rings. The molecule has 0 atom stereocenters. The molecular formula is C13H19N3O. The van der Waals surface area contributed by atoms with Crippen LogP contribution < -0.4 is 5.32 Å². The summed E-state index contributed by atoms with van der Waals surface area (Å²) in [4.78, 5) is 18.0. The third-order valence-electron chi connectivity index (χ3n) is 3.05. The maximum Gasteiger partial charge on any atom is 0.224 e. The zero-order chi connectivity index (χ0) is 12.3. The fourth-order valence-electron chi connectivity index (χ4n) is 2.08. The molecule has 4 heteroatoms. The van der Waals surface area contributed by atoms with E-state index in [1.54, 1.807) is 12.4 Å². The highest BCUT2D eigenvalue weighted by molar-refractivity contribution is 5.77. The zero-order valence-electron chi connectivity index (χ0n) is 10.4. The minimum absolute atomic E-state index is 0.0932. The first-order chi connectivity index (χ1) is 8.07. The Morgan fingerprint density at radius 2 is 2.12 bits per heavy atom. The molecule has 0 spiro atoms.